The lowest BCUT2D eigenvalue weighted by molar-refractivity contribution is -0.121. The summed E-state index contributed by atoms with van der Waals surface area (Å²) < 4.78 is 2.04. The summed E-state index contributed by atoms with van der Waals surface area (Å²) in [5.41, 5.74) is 1.83. The van der Waals surface area contributed by atoms with Crippen LogP contribution in [0.3, 0.4) is 0 Å². The molecule has 0 aromatic carbocycles. The molecule has 2 aliphatic rings. The molecule has 2 aromatic rings. The molecule has 6 nitrogen and oxygen atoms in total. The van der Waals surface area contributed by atoms with Gasteiger partial charge in [0.25, 0.3) is 11.5 Å². The number of amides is 1. The summed E-state index contributed by atoms with van der Waals surface area (Å²) in [6, 6.07) is 3.82. The second kappa shape index (κ2) is 8.59. The fraction of sp³-hybridized carbons (Fsp3) is 0.391. The van der Waals surface area contributed by atoms with Crippen molar-refractivity contribution in [3.05, 3.63) is 57.4 Å². The van der Waals surface area contributed by atoms with Gasteiger partial charge in [0, 0.05) is 25.8 Å². The first-order valence-electron chi connectivity index (χ1n) is 10.4. The van der Waals surface area contributed by atoms with Gasteiger partial charge in [-0.3, -0.25) is 18.9 Å². The Morgan fingerprint density at radius 3 is 2.65 bits per heavy atom. The van der Waals surface area contributed by atoms with E-state index in [1.165, 1.54) is 16.7 Å². The van der Waals surface area contributed by atoms with Gasteiger partial charge in [0.15, 0.2) is 0 Å². The molecule has 0 bridgehead atoms. The van der Waals surface area contributed by atoms with Crippen molar-refractivity contribution < 1.29 is 4.79 Å². The molecule has 8 heteroatoms. The number of aromatic nitrogens is 2. The zero-order valence-corrected chi connectivity index (χ0v) is 19.6. The van der Waals surface area contributed by atoms with Crippen LogP contribution < -0.4 is 10.5 Å². The molecular formula is C23H26N4O2S2. The molecule has 2 unspecified atom stereocenters. The van der Waals surface area contributed by atoms with Crippen molar-refractivity contribution >= 4 is 51.7 Å². The first kappa shape index (κ1) is 21.8. The second-order valence-corrected chi connectivity index (χ2v) is 10.2. The smallest absolute Gasteiger partial charge is 0.267 e. The molecule has 1 amide bonds. The number of carbonyl (C=O) groups is 1. The summed E-state index contributed by atoms with van der Waals surface area (Å²) in [5, 5.41) is 0. The molecule has 0 aliphatic carbocycles. The van der Waals surface area contributed by atoms with Gasteiger partial charge in [-0.1, -0.05) is 50.0 Å². The molecule has 0 saturated carbocycles. The van der Waals surface area contributed by atoms with Crippen LogP contribution >= 0.6 is 24.0 Å². The Labute approximate surface area is 191 Å². The predicted octanol–water partition coefficient (Wildman–Crippen LogP) is 3.87. The highest BCUT2D eigenvalue weighted by atomic mass is 32.2. The van der Waals surface area contributed by atoms with Crippen LogP contribution in [0.25, 0.3) is 11.7 Å². The fourth-order valence-electron chi connectivity index (χ4n) is 4.37. The minimum Gasteiger partial charge on any atom is -0.355 e. The van der Waals surface area contributed by atoms with Crippen molar-refractivity contribution in [2.24, 2.45) is 11.8 Å². The minimum atomic E-state index is -0.199. The largest absolute Gasteiger partial charge is 0.355 e. The SMILES string of the molecule is C=CCN1C(=O)C(=Cc2c(N3CC(C)CC(C)C3)nc3ccc(C)cn3c2=O)SC1=S. The molecule has 0 N–H and O–H groups in total. The average molecular weight is 455 g/mol. The van der Waals surface area contributed by atoms with Gasteiger partial charge in [0.2, 0.25) is 0 Å². The number of pyridine rings is 1. The summed E-state index contributed by atoms with van der Waals surface area (Å²) in [7, 11) is 0. The van der Waals surface area contributed by atoms with Crippen LogP contribution in [0.1, 0.15) is 31.4 Å². The number of aryl methyl sites for hydroxylation is 1. The number of thiocarbonyl (C=S) groups is 1. The number of fused-ring (bicyclic) bond motifs is 1. The lowest BCUT2D eigenvalue weighted by Gasteiger charge is -2.36. The average Bonchev–Trinajstić information content (AvgIpc) is 2.97. The van der Waals surface area contributed by atoms with Gasteiger partial charge >= 0.3 is 0 Å². The van der Waals surface area contributed by atoms with Gasteiger partial charge < -0.3 is 4.90 Å². The summed E-state index contributed by atoms with van der Waals surface area (Å²) in [6.45, 7) is 12.1. The molecule has 0 radical (unpaired) electrons. The van der Waals surface area contributed by atoms with Crippen LogP contribution in [0, 0.1) is 18.8 Å². The highest BCUT2D eigenvalue weighted by Gasteiger charge is 2.33. The third-order valence-electron chi connectivity index (χ3n) is 5.61. The van der Waals surface area contributed by atoms with Crippen LogP contribution in [0.4, 0.5) is 5.82 Å². The third kappa shape index (κ3) is 4.19. The Morgan fingerprint density at radius 2 is 1.97 bits per heavy atom. The molecule has 4 heterocycles. The molecule has 162 valence electrons. The quantitative estimate of drug-likeness (QED) is 0.397. The lowest BCUT2D eigenvalue weighted by Crippen LogP contribution is -2.40. The fourth-order valence-corrected chi connectivity index (χ4v) is 5.62. The first-order valence-corrected chi connectivity index (χ1v) is 11.6. The second-order valence-electron chi connectivity index (χ2n) is 8.52. The monoisotopic (exact) mass is 454 g/mol. The van der Waals surface area contributed by atoms with Crippen molar-refractivity contribution in [3.8, 4) is 0 Å². The Morgan fingerprint density at radius 1 is 1.26 bits per heavy atom. The number of anilines is 1. The number of carbonyl (C=O) groups excluding carboxylic acids is 1. The summed E-state index contributed by atoms with van der Waals surface area (Å²) in [4.78, 5) is 35.5. The van der Waals surface area contributed by atoms with E-state index in [1.807, 2.05) is 19.1 Å². The van der Waals surface area contributed by atoms with Gasteiger partial charge in [-0.05, 0) is 42.9 Å². The maximum Gasteiger partial charge on any atom is 0.267 e. The van der Waals surface area contributed by atoms with Crippen LogP contribution in [0.5, 0.6) is 0 Å². The first-order chi connectivity index (χ1) is 14.8. The molecule has 2 aliphatic heterocycles. The molecule has 0 spiro atoms. The topological polar surface area (TPSA) is 57.9 Å². The summed E-state index contributed by atoms with van der Waals surface area (Å²) in [6.07, 6.45) is 6.25. The van der Waals surface area contributed by atoms with E-state index in [1.54, 1.807) is 22.7 Å². The summed E-state index contributed by atoms with van der Waals surface area (Å²) in [5.74, 6) is 1.44. The number of hydrogen-bond acceptors (Lipinski definition) is 6. The molecule has 2 atom stereocenters. The molecule has 4 rings (SSSR count). The van der Waals surface area contributed by atoms with Crippen molar-refractivity contribution in [3.63, 3.8) is 0 Å². The molecular weight excluding hydrogens is 428 g/mol. The molecule has 2 fully saturated rings. The maximum absolute atomic E-state index is 13.6. The highest BCUT2D eigenvalue weighted by molar-refractivity contribution is 8.26. The molecule has 31 heavy (non-hydrogen) atoms. The lowest BCUT2D eigenvalue weighted by atomic mass is 9.91. The van der Waals surface area contributed by atoms with E-state index in [9.17, 15) is 9.59 Å². The standard InChI is InChI=1S/C23H26N4O2S2/c1-5-8-26-22(29)18(31-23(26)30)10-17-20(25-11-15(3)9-16(4)12-25)24-19-7-6-14(2)13-27(19)21(17)28/h5-7,10,13,15-16H,1,8-9,11-12H2,2-4H3. The van der Waals surface area contributed by atoms with E-state index in [0.717, 1.165) is 25.1 Å². The maximum atomic E-state index is 13.6. The number of thioether (sulfide) groups is 1. The third-order valence-corrected chi connectivity index (χ3v) is 6.99. The number of piperidine rings is 1. The van der Waals surface area contributed by atoms with Crippen LogP contribution in [0.2, 0.25) is 0 Å². The minimum absolute atomic E-state index is 0.177. The molecule has 2 aromatic heterocycles. The van der Waals surface area contributed by atoms with E-state index in [-0.39, 0.29) is 11.5 Å². The van der Waals surface area contributed by atoms with Crippen LogP contribution in [-0.2, 0) is 4.79 Å². The normalized spacial score (nSPS) is 23.3. The van der Waals surface area contributed by atoms with Crippen molar-refractivity contribution in [1.82, 2.24) is 14.3 Å². The highest BCUT2D eigenvalue weighted by Crippen LogP contribution is 2.34. The number of nitrogens with zero attached hydrogens (tertiary/aromatic N) is 4. The van der Waals surface area contributed by atoms with Crippen LogP contribution in [-0.4, -0.2) is 44.1 Å². The summed E-state index contributed by atoms with van der Waals surface area (Å²) >= 11 is 6.58. The zero-order valence-electron chi connectivity index (χ0n) is 18.0. The zero-order chi connectivity index (χ0) is 22.3. The van der Waals surface area contributed by atoms with Gasteiger partial charge in [-0.2, -0.15) is 0 Å². The van der Waals surface area contributed by atoms with Gasteiger partial charge in [0.05, 0.1) is 10.5 Å². The van der Waals surface area contributed by atoms with E-state index >= 15 is 0 Å². The van der Waals surface area contributed by atoms with Crippen molar-refractivity contribution in [2.75, 3.05) is 24.5 Å². The van der Waals surface area contributed by atoms with Crippen molar-refractivity contribution in [1.29, 1.82) is 0 Å². The van der Waals surface area contributed by atoms with Crippen LogP contribution in [0.15, 0.2) is 40.7 Å². The molecule has 2 saturated heterocycles. The van der Waals surface area contributed by atoms with Gasteiger partial charge in [-0.15, -0.1) is 6.58 Å². The Balaban J connectivity index is 1.89. The van der Waals surface area contributed by atoms with Crippen molar-refractivity contribution in [2.45, 2.75) is 27.2 Å². The Bertz CT molecular complexity index is 1160. The van der Waals surface area contributed by atoms with E-state index in [0.29, 0.717) is 44.6 Å². The van der Waals surface area contributed by atoms with E-state index in [4.69, 9.17) is 17.2 Å². The van der Waals surface area contributed by atoms with E-state index < -0.39 is 0 Å². The van der Waals surface area contributed by atoms with Gasteiger partial charge in [0.1, 0.15) is 15.8 Å². The number of hydrogen-bond donors (Lipinski definition) is 0. The number of rotatable bonds is 4. The van der Waals surface area contributed by atoms with Gasteiger partial charge in [-0.25, -0.2) is 4.98 Å². The van der Waals surface area contributed by atoms with E-state index in [2.05, 4.69) is 25.3 Å². The Kier molecular flexibility index (Phi) is 6.03. The predicted molar refractivity (Wildman–Crippen MR) is 131 cm³/mol. The Hall–Kier alpha value is -2.45.